The third-order valence-electron chi connectivity index (χ3n) is 4.04. The van der Waals surface area contributed by atoms with E-state index in [9.17, 15) is 4.79 Å². The van der Waals surface area contributed by atoms with Gasteiger partial charge in [-0.2, -0.15) is 0 Å². The molecule has 2 aromatic carbocycles. The van der Waals surface area contributed by atoms with Crippen molar-refractivity contribution < 1.29 is 9.53 Å². The quantitative estimate of drug-likeness (QED) is 0.594. The van der Waals surface area contributed by atoms with Gasteiger partial charge in [0.2, 0.25) is 5.91 Å². The number of benzene rings is 2. The Morgan fingerprint density at radius 3 is 2.68 bits per heavy atom. The number of carbonyl (C=O) groups is 1. The molecule has 0 fully saturated rings. The molecule has 1 aromatic heterocycles. The molecule has 146 valence electrons. The second-order valence-electron chi connectivity index (χ2n) is 6.62. The number of aryl methyl sites for hydroxylation is 1. The third-order valence-corrected chi connectivity index (χ3v) is 5.15. The van der Waals surface area contributed by atoms with Crippen molar-refractivity contribution in [2.24, 2.45) is 0 Å². The van der Waals surface area contributed by atoms with E-state index in [1.54, 1.807) is 12.1 Å². The third kappa shape index (κ3) is 5.47. The summed E-state index contributed by atoms with van der Waals surface area (Å²) in [7, 11) is 3.83. The zero-order chi connectivity index (χ0) is 20.1. The van der Waals surface area contributed by atoms with Crippen molar-refractivity contribution in [1.29, 1.82) is 0 Å². The van der Waals surface area contributed by atoms with Gasteiger partial charge in [-0.3, -0.25) is 4.79 Å². The molecule has 0 radical (unpaired) electrons. The minimum absolute atomic E-state index is 0.137. The van der Waals surface area contributed by atoms with E-state index in [4.69, 9.17) is 16.3 Å². The summed E-state index contributed by atoms with van der Waals surface area (Å²) < 4.78 is 5.74. The standard InChI is InChI=1S/C21H22ClN3O2S/c1-14-4-7-17(8-5-14)27-12-21-23-16(13-28-21)11-20(26)24-18-10-15(22)6-9-19(18)25(2)3/h4-10,13H,11-12H2,1-3H3,(H,24,26). The summed E-state index contributed by atoms with van der Waals surface area (Å²) in [6.45, 7) is 2.42. The molecule has 0 aliphatic carbocycles. The number of rotatable bonds is 7. The highest BCUT2D eigenvalue weighted by atomic mass is 35.5. The highest BCUT2D eigenvalue weighted by Crippen LogP contribution is 2.28. The average molecular weight is 416 g/mol. The first kappa shape index (κ1) is 20.2. The Labute approximate surface area is 173 Å². The van der Waals surface area contributed by atoms with Crippen LogP contribution in [0.4, 0.5) is 11.4 Å². The predicted octanol–water partition coefficient (Wildman–Crippen LogP) is 4.93. The second-order valence-corrected chi connectivity index (χ2v) is 7.99. The van der Waals surface area contributed by atoms with E-state index in [0.717, 1.165) is 22.1 Å². The number of hydrogen-bond acceptors (Lipinski definition) is 5. The van der Waals surface area contributed by atoms with Crippen molar-refractivity contribution in [2.45, 2.75) is 20.0 Å². The van der Waals surface area contributed by atoms with E-state index in [2.05, 4.69) is 10.3 Å². The van der Waals surface area contributed by atoms with Gasteiger partial charge in [0.1, 0.15) is 17.4 Å². The maximum Gasteiger partial charge on any atom is 0.230 e. The van der Waals surface area contributed by atoms with Crippen LogP contribution in [0, 0.1) is 6.92 Å². The fourth-order valence-electron chi connectivity index (χ4n) is 2.63. The molecule has 1 amide bonds. The van der Waals surface area contributed by atoms with Crippen LogP contribution in [0.3, 0.4) is 0 Å². The van der Waals surface area contributed by atoms with Crippen LogP contribution in [0.1, 0.15) is 16.3 Å². The second kappa shape index (κ2) is 9.08. The van der Waals surface area contributed by atoms with Gasteiger partial charge in [-0.05, 0) is 37.3 Å². The van der Waals surface area contributed by atoms with Crippen LogP contribution >= 0.6 is 22.9 Å². The fourth-order valence-corrected chi connectivity index (χ4v) is 3.51. The number of anilines is 2. The van der Waals surface area contributed by atoms with Crippen molar-refractivity contribution in [2.75, 3.05) is 24.3 Å². The maximum absolute atomic E-state index is 12.4. The molecule has 3 aromatic rings. The molecule has 0 unspecified atom stereocenters. The van der Waals surface area contributed by atoms with Crippen LogP contribution in [0.15, 0.2) is 47.8 Å². The molecule has 7 heteroatoms. The zero-order valence-corrected chi connectivity index (χ0v) is 17.6. The number of carbonyl (C=O) groups excluding carboxylic acids is 1. The monoisotopic (exact) mass is 415 g/mol. The lowest BCUT2D eigenvalue weighted by Gasteiger charge is -2.18. The van der Waals surface area contributed by atoms with Gasteiger partial charge in [-0.25, -0.2) is 4.98 Å². The molecule has 1 heterocycles. The van der Waals surface area contributed by atoms with Gasteiger partial charge in [-0.1, -0.05) is 29.3 Å². The van der Waals surface area contributed by atoms with Gasteiger partial charge in [0.05, 0.1) is 23.5 Å². The number of thiazole rings is 1. The Hall–Kier alpha value is -2.57. The number of hydrogen-bond donors (Lipinski definition) is 1. The Kier molecular flexibility index (Phi) is 6.54. The summed E-state index contributed by atoms with van der Waals surface area (Å²) in [6, 6.07) is 13.3. The first-order valence-electron chi connectivity index (χ1n) is 8.80. The van der Waals surface area contributed by atoms with Crippen molar-refractivity contribution in [1.82, 2.24) is 4.98 Å². The molecule has 0 saturated carbocycles. The lowest BCUT2D eigenvalue weighted by Crippen LogP contribution is -2.18. The summed E-state index contributed by atoms with van der Waals surface area (Å²) in [6.07, 6.45) is 0.195. The molecule has 0 atom stereocenters. The molecule has 0 bridgehead atoms. The van der Waals surface area contributed by atoms with Crippen LogP contribution in [0.25, 0.3) is 0 Å². The highest BCUT2D eigenvalue weighted by molar-refractivity contribution is 7.09. The average Bonchev–Trinajstić information content (AvgIpc) is 3.08. The SMILES string of the molecule is Cc1ccc(OCc2nc(CC(=O)Nc3cc(Cl)ccc3N(C)C)cs2)cc1. The summed E-state index contributed by atoms with van der Waals surface area (Å²) in [5.74, 6) is 0.666. The Morgan fingerprint density at radius 2 is 1.96 bits per heavy atom. The van der Waals surface area contributed by atoms with Gasteiger partial charge in [0, 0.05) is 24.5 Å². The van der Waals surface area contributed by atoms with Crippen molar-refractivity contribution >= 4 is 40.2 Å². The first-order chi connectivity index (χ1) is 13.4. The number of nitrogens with one attached hydrogen (secondary N) is 1. The van der Waals surface area contributed by atoms with Gasteiger partial charge in [0.25, 0.3) is 0 Å². The van der Waals surface area contributed by atoms with E-state index in [1.165, 1.54) is 16.9 Å². The largest absolute Gasteiger partial charge is 0.486 e. The summed E-state index contributed by atoms with van der Waals surface area (Å²) in [5.41, 5.74) is 3.48. The Balaban J connectivity index is 1.58. The maximum atomic E-state index is 12.4. The Morgan fingerprint density at radius 1 is 1.21 bits per heavy atom. The van der Waals surface area contributed by atoms with Gasteiger partial charge >= 0.3 is 0 Å². The molecular formula is C21H22ClN3O2S. The number of ether oxygens (including phenoxy) is 1. The molecule has 1 N–H and O–H groups in total. The van der Waals surface area contributed by atoms with Crippen LogP contribution in [0.5, 0.6) is 5.75 Å². The minimum atomic E-state index is -0.137. The number of nitrogens with zero attached hydrogens (tertiary/aromatic N) is 2. The number of amides is 1. The molecule has 0 spiro atoms. The molecular weight excluding hydrogens is 394 g/mol. The molecule has 28 heavy (non-hydrogen) atoms. The van der Waals surface area contributed by atoms with Crippen LogP contribution in [0.2, 0.25) is 5.02 Å². The van der Waals surface area contributed by atoms with Crippen LogP contribution in [-0.4, -0.2) is 25.0 Å². The van der Waals surface area contributed by atoms with Gasteiger partial charge < -0.3 is 15.0 Å². The van der Waals surface area contributed by atoms with Gasteiger partial charge in [-0.15, -0.1) is 11.3 Å². The topological polar surface area (TPSA) is 54.5 Å². The molecule has 0 saturated heterocycles. The summed E-state index contributed by atoms with van der Waals surface area (Å²) in [5, 5.41) is 6.22. The summed E-state index contributed by atoms with van der Waals surface area (Å²) in [4.78, 5) is 18.9. The van der Waals surface area contributed by atoms with E-state index in [0.29, 0.717) is 17.3 Å². The number of halogens is 1. The fraction of sp³-hybridized carbons (Fsp3) is 0.238. The van der Waals surface area contributed by atoms with E-state index in [1.807, 2.05) is 61.6 Å². The smallest absolute Gasteiger partial charge is 0.230 e. The van der Waals surface area contributed by atoms with Gasteiger partial charge in [0.15, 0.2) is 0 Å². The molecule has 5 nitrogen and oxygen atoms in total. The van der Waals surface area contributed by atoms with Crippen molar-refractivity contribution in [3.8, 4) is 5.75 Å². The molecule has 3 rings (SSSR count). The van der Waals surface area contributed by atoms with E-state index in [-0.39, 0.29) is 12.3 Å². The van der Waals surface area contributed by atoms with Crippen molar-refractivity contribution in [3.63, 3.8) is 0 Å². The lowest BCUT2D eigenvalue weighted by atomic mass is 10.2. The first-order valence-corrected chi connectivity index (χ1v) is 10.1. The van der Waals surface area contributed by atoms with Crippen LogP contribution < -0.4 is 15.0 Å². The molecule has 0 aliphatic heterocycles. The molecule has 0 aliphatic rings. The summed E-state index contributed by atoms with van der Waals surface area (Å²) >= 11 is 7.55. The normalized spacial score (nSPS) is 10.6. The van der Waals surface area contributed by atoms with E-state index >= 15 is 0 Å². The zero-order valence-electron chi connectivity index (χ0n) is 16.0. The van der Waals surface area contributed by atoms with Crippen molar-refractivity contribution in [3.05, 3.63) is 69.1 Å². The minimum Gasteiger partial charge on any atom is -0.486 e. The highest BCUT2D eigenvalue weighted by Gasteiger charge is 2.12. The Bertz CT molecular complexity index is 955. The lowest BCUT2D eigenvalue weighted by molar-refractivity contribution is -0.115. The van der Waals surface area contributed by atoms with Crippen LogP contribution in [-0.2, 0) is 17.8 Å². The predicted molar refractivity (Wildman–Crippen MR) is 116 cm³/mol. The number of aromatic nitrogens is 1. The van der Waals surface area contributed by atoms with E-state index < -0.39 is 0 Å².